The number of hydrogen-bond donors (Lipinski definition) is 0. The van der Waals surface area contributed by atoms with E-state index >= 15 is 0 Å². The number of ether oxygens (including phenoxy) is 2. The Morgan fingerprint density at radius 3 is 1.95 bits per heavy atom. The highest BCUT2D eigenvalue weighted by Crippen LogP contribution is 2.34. The standard InChI is InChI=1S/C36H48N2O3/c1-3-5-7-10-28-13-15-29(16-14-28)12-9-25-40-33-21-23-34(24-22-33)41-36(39)32-19-17-31(18-20-32)35-37-26-30(27-38-35)11-8-6-4-2/h17-24,26-29H,3-16,25H2,1-2H3. The molecule has 220 valence electrons. The van der Waals surface area contributed by atoms with Gasteiger partial charge < -0.3 is 9.47 Å². The second-order valence-electron chi connectivity index (χ2n) is 11.7. The maximum atomic E-state index is 12.7. The van der Waals surface area contributed by atoms with Crippen molar-refractivity contribution in [3.8, 4) is 22.9 Å². The van der Waals surface area contributed by atoms with Crippen molar-refractivity contribution in [3.63, 3.8) is 0 Å². The molecular formula is C36H48N2O3. The molecule has 1 aliphatic carbocycles. The van der Waals surface area contributed by atoms with Crippen LogP contribution in [-0.2, 0) is 6.42 Å². The lowest BCUT2D eigenvalue weighted by Crippen LogP contribution is -2.15. The molecule has 4 rings (SSSR count). The van der Waals surface area contributed by atoms with E-state index in [2.05, 4.69) is 23.8 Å². The molecule has 1 heterocycles. The Morgan fingerprint density at radius 2 is 1.32 bits per heavy atom. The predicted octanol–water partition coefficient (Wildman–Crippen LogP) is 9.64. The van der Waals surface area contributed by atoms with Crippen LogP contribution in [-0.4, -0.2) is 22.5 Å². The Labute approximate surface area is 247 Å². The van der Waals surface area contributed by atoms with Crippen molar-refractivity contribution in [1.82, 2.24) is 9.97 Å². The monoisotopic (exact) mass is 556 g/mol. The van der Waals surface area contributed by atoms with Gasteiger partial charge in [0.1, 0.15) is 11.5 Å². The van der Waals surface area contributed by atoms with E-state index in [4.69, 9.17) is 9.47 Å². The average molecular weight is 557 g/mol. The summed E-state index contributed by atoms with van der Waals surface area (Å²) in [5, 5.41) is 0. The Hall–Kier alpha value is -3.21. The first-order valence-electron chi connectivity index (χ1n) is 16.0. The molecule has 1 aliphatic rings. The minimum Gasteiger partial charge on any atom is -0.494 e. The fraction of sp³-hybridized carbons (Fsp3) is 0.528. The zero-order valence-electron chi connectivity index (χ0n) is 25.2. The van der Waals surface area contributed by atoms with E-state index < -0.39 is 5.97 Å². The highest BCUT2D eigenvalue weighted by atomic mass is 16.5. The van der Waals surface area contributed by atoms with Crippen molar-refractivity contribution < 1.29 is 14.3 Å². The minimum atomic E-state index is -0.391. The smallest absolute Gasteiger partial charge is 0.343 e. The lowest BCUT2D eigenvalue weighted by molar-refractivity contribution is 0.0734. The molecule has 0 radical (unpaired) electrons. The van der Waals surface area contributed by atoms with Gasteiger partial charge in [0, 0.05) is 18.0 Å². The maximum absolute atomic E-state index is 12.7. The number of hydrogen-bond acceptors (Lipinski definition) is 5. The van der Waals surface area contributed by atoms with Crippen LogP contribution in [0.5, 0.6) is 11.5 Å². The second kappa shape index (κ2) is 16.9. The van der Waals surface area contributed by atoms with E-state index in [-0.39, 0.29) is 0 Å². The van der Waals surface area contributed by atoms with Gasteiger partial charge >= 0.3 is 5.97 Å². The van der Waals surface area contributed by atoms with Gasteiger partial charge in [0.15, 0.2) is 5.82 Å². The largest absolute Gasteiger partial charge is 0.494 e. The van der Waals surface area contributed by atoms with Crippen LogP contribution < -0.4 is 9.47 Å². The van der Waals surface area contributed by atoms with Gasteiger partial charge in [0.2, 0.25) is 0 Å². The van der Waals surface area contributed by atoms with Gasteiger partial charge in [0.25, 0.3) is 0 Å². The number of esters is 1. The highest BCUT2D eigenvalue weighted by molar-refractivity contribution is 5.91. The number of carbonyl (C=O) groups excluding carboxylic acids is 1. The predicted molar refractivity (Wildman–Crippen MR) is 166 cm³/mol. The SMILES string of the molecule is CCCCCc1cnc(-c2ccc(C(=O)Oc3ccc(OCCCC4CCC(CCCCC)CC4)cc3)cc2)nc1. The van der Waals surface area contributed by atoms with Crippen molar-refractivity contribution in [2.24, 2.45) is 11.8 Å². The van der Waals surface area contributed by atoms with Crippen LogP contribution >= 0.6 is 0 Å². The lowest BCUT2D eigenvalue weighted by Gasteiger charge is -2.28. The molecule has 1 fully saturated rings. The Kier molecular flexibility index (Phi) is 12.7. The molecule has 0 spiro atoms. The van der Waals surface area contributed by atoms with E-state index in [1.165, 1.54) is 70.6 Å². The molecule has 1 saturated carbocycles. The van der Waals surface area contributed by atoms with Gasteiger partial charge in [-0.25, -0.2) is 14.8 Å². The number of aromatic nitrogens is 2. The zero-order chi connectivity index (χ0) is 28.7. The van der Waals surface area contributed by atoms with Crippen LogP contribution in [0.3, 0.4) is 0 Å². The molecule has 0 aliphatic heterocycles. The third-order valence-corrected chi connectivity index (χ3v) is 8.40. The van der Waals surface area contributed by atoms with Crippen molar-refractivity contribution in [2.45, 2.75) is 104 Å². The normalized spacial score (nSPS) is 16.8. The number of rotatable bonds is 16. The first-order chi connectivity index (χ1) is 20.1. The topological polar surface area (TPSA) is 61.3 Å². The summed E-state index contributed by atoms with van der Waals surface area (Å²) < 4.78 is 11.5. The molecule has 41 heavy (non-hydrogen) atoms. The number of benzene rings is 2. The molecular weight excluding hydrogens is 508 g/mol. The van der Waals surface area contributed by atoms with Crippen LogP contribution in [0.25, 0.3) is 11.4 Å². The summed E-state index contributed by atoms with van der Waals surface area (Å²) >= 11 is 0. The van der Waals surface area contributed by atoms with Crippen molar-refractivity contribution in [1.29, 1.82) is 0 Å². The second-order valence-corrected chi connectivity index (χ2v) is 11.7. The summed E-state index contributed by atoms with van der Waals surface area (Å²) in [6, 6.07) is 14.6. The minimum absolute atomic E-state index is 0.391. The summed E-state index contributed by atoms with van der Waals surface area (Å²) in [7, 11) is 0. The average Bonchev–Trinajstić information content (AvgIpc) is 3.01. The van der Waals surface area contributed by atoms with Crippen molar-refractivity contribution in [3.05, 3.63) is 72.1 Å². The summed E-state index contributed by atoms with van der Waals surface area (Å²) in [5.74, 6) is 3.42. The Morgan fingerprint density at radius 1 is 0.732 bits per heavy atom. The van der Waals surface area contributed by atoms with E-state index in [1.807, 2.05) is 36.7 Å². The molecule has 0 bridgehead atoms. The first kappa shape index (κ1) is 30.7. The van der Waals surface area contributed by atoms with Gasteiger partial charge in [-0.05, 0) is 79.5 Å². The van der Waals surface area contributed by atoms with Crippen molar-refractivity contribution in [2.75, 3.05) is 6.61 Å². The maximum Gasteiger partial charge on any atom is 0.343 e. The van der Waals surface area contributed by atoms with E-state index in [1.54, 1.807) is 24.3 Å². The van der Waals surface area contributed by atoms with Gasteiger partial charge in [-0.1, -0.05) is 90.2 Å². The third-order valence-electron chi connectivity index (χ3n) is 8.40. The Balaban J connectivity index is 1.15. The molecule has 5 heteroatoms. The Bertz CT molecular complexity index is 1150. The lowest BCUT2D eigenvalue weighted by atomic mass is 9.78. The van der Waals surface area contributed by atoms with Gasteiger partial charge in [-0.15, -0.1) is 0 Å². The third kappa shape index (κ3) is 10.3. The molecule has 0 N–H and O–H groups in total. The molecule has 0 atom stereocenters. The van der Waals surface area contributed by atoms with Gasteiger partial charge in [-0.2, -0.15) is 0 Å². The molecule has 1 aromatic heterocycles. The molecule has 0 saturated heterocycles. The van der Waals surface area contributed by atoms with Gasteiger partial charge in [0.05, 0.1) is 12.2 Å². The van der Waals surface area contributed by atoms with Crippen LogP contribution in [0, 0.1) is 11.8 Å². The van der Waals surface area contributed by atoms with Crippen LogP contribution in [0.4, 0.5) is 0 Å². The molecule has 3 aromatic rings. The molecule has 2 aromatic carbocycles. The highest BCUT2D eigenvalue weighted by Gasteiger charge is 2.20. The summed E-state index contributed by atoms with van der Waals surface area (Å²) in [5.41, 5.74) is 2.52. The van der Waals surface area contributed by atoms with Crippen LogP contribution in [0.1, 0.15) is 113 Å². The van der Waals surface area contributed by atoms with E-state index in [0.29, 0.717) is 17.1 Å². The molecule has 5 nitrogen and oxygen atoms in total. The zero-order valence-corrected chi connectivity index (χ0v) is 25.2. The summed E-state index contributed by atoms with van der Waals surface area (Å²) in [4.78, 5) is 21.7. The van der Waals surface area contributed by atoms with E-state index in [0.717, 1.165) is 54.6 Å². The number of aryl methyl sites for hydroxylation is 1. The summed E-state index contributed by atoms with van der Waals surface area (Å²) in [6.45, 7) is 5.22. The molecule has 0 unspecified atom stereocenters. The number of nitrogens with zero attached hydrogens (tertiary/aromatic N) is 2. The van der Waals surface area contributed by atoms with E-state index in [9.17, 15) is 4.79 Å². The fourth-order valence-corrected chi connectivity index (χ4v) is 5.79. The fourth-order valence-electron chi connectivity index (χ4n) is 5.79. The van der Waals surface area contributed by atoms with Crippen LogP contribution in [0.2, 0.25) is 0 Å². The number of carbonyl (C=O) groups is 1. The first-order valence-corrected chi connectivity index (χ1v) is 16.0. The molecule has 0 amide bonds. The summed E-state index contributed by atoms with van der Waals surface area (Å²) in [6.07, 6.45) is 21.9. The number of unbranched alkanes of at least 4 members (excludes halogenated alkanes) is 4. The quantitative estimate of drug-likeness (QED) is 0.0998. The van der Waals surface area contributed by atoms with Crippen molar-refractivity contribution >= 4 is 5.97 Å². The van der Waals surface area contributed by atoms with Crippen LogP contribution in [0.15, 0.2) is 60.9 Å². The van der Waals surface area contributed by atoms with Gasteiger partial charge in [-0.3, -0.25) is 0 Å².